The molecule has 0 aromatic rings. The highest BCUT2D eigenvalue weighted by Crippen LogP contribution is 2.76. The minimum absolute atomic E-state index is 0.00967. The standard InChI is InChI=1S/C22H34O6S2/c1-9-14-12(17-16(20(14,4)5)18(9)29(23,24)27-17)8-13-19-15-10(2)21(13,6)11(3)22(15,7)28-30(19,25)26/h9-19H,8H2,1-7H3. The van der Waals surface area contributed by atoms with Crippen LogP contribution in [0.2, 0.25) is 0 Å². The van der Waals surface area contributed by atoms with Gasteiger partial charge in [0.2, 0.25) is 0 Å². The summed E-state index contributed by atoms with van der Waals surface area (Å²) in [4.78, 5) is 0. The molecule has 0 aromatic carbocycles. The van der Waals surface area contributed by atoms with E-state index in [4.69, 9.17) is 8.37 Å². The Morgan fingerprint density at radius 1 is 0.833 bits per heavy atom. The lowest BCUT2D eigenvalue weighted by Gasteiger charge is -2.45. The first-order valence-corrected chi connectivity index (χ1v) is 14.4. The molecule has 0 spiro atoms. The number of fused-ring (bicyclic) bond motifs is 2. The molecule has 0 N–H and O–H groups in total. The maximum absolute atomic E-state index is 13.2. The predicted octanol–water partition coefficient (Wildman–Crippen LogP) is 3.04. The van der Waals surface area contributed by atoms with Crippen LogP contribution in [-0.4, -0.2) is 39.0 Å². The normalized spacial score (nSPS) is 65.0. The second kappa shape index (κ2) is 5.15. The summed E-state index contributed by atoms with van der Waals surface area (Å²) in [5.41, 5.74) is -0.869. The summed E-state index contributed by atoms with van der Waals surface area (Å²) in [5.74, 6) is 0.749. The van der Waals surface area contributed by atoms with Crippen LogP contribution in [0.4, 0.5) is 0 Å². The molecule has 0 amide bonds. The maximum Gasteiger partial charge on any atom is 0.271 e. The number of hydrogen-bond acceptors (Lipinski definition) is 6. The third-order valence-electron chi connectivity index (χ3n) is 11.7. The van der Waals surface area contributed by atoms with E-state index in [0.29, 0.717) is 6.42 Å². The van der Waals surface area contributed by atoms with Gasteiger partial charge in [-0.15, -0.1) is 0 Å². The lowest BCUT2D eigenvalue weighted by atomic mass is 9.60. The molecular formula is C22H34O6S2. The van der Waals surface area contributed by atoms with E-state index < -0.39 is 36.3 Å². The molecule has 6 nitrogen and oxygen atoms in total. The van der Waals surface area contributed by atoms with Crippen molar-refractivity contribution < 1.29 is 25.2 Å². The quantitative estimate of drug-likeness (QED) is 0.591. The molecule has 2 aliphatic heterocycles. The van der Waals surface area contributed by atoms with Crippen molar-refractivity contribution in [2.24, 2.45) is 58.2 Å². The Balaban J connectivity index is 1.44. The second-order valence-electron chi connectivity index (χ2n) is 12.4. The van der Waals surface area contributed by atoms with Gasteiger partial charge in [-0.25, -0.2) is 0 Å². The van der Waals surface area contributed by atoms with Crippen molar-refractivity contribution in [1.82, 2.24) is 0 Å². The summed E-state index contributed by atoms with van der Waals surface area (Å²) in [6, 6.07) is 0. The highest BCUT2D eigenvalue weighted by molar-refractivity contribution is 7.88. The summed E-state index contributed by atoms with van der Waals surface area (Å²) in [6.07, 6.45) is 0.410. The molecule has 4 aliphatic carbocycles. The van der Waals surface area contributed by atoms with Gasteiger partial charge in [0.15, 0.2) is 0 Å². The molecule has 0 radical (unpaired) electrons. The van der Waals surface area contributed by atoms with Crippen LogP contribution >= 0.6 is 0 Å². The van der Waals surface area contributed by atoms with Crippen LogP contribution in [0.5, 0.6) is 0 Å². The Morgan fingerprint density at radius 2 is 1.47 bits per heavy atom. The van der Waals surface area contributed by atoms with Crippen LogP contribution in [0.15, 0.2) is 0 Å². The molecule has 170 valence electrons. The molecule has 30 heavy (non-hydrogen) atoms. The van der Waals surface area contributed by atoms with Crippen molar-refractivity contribution in [2.45, 2.75) is 77.1 Å². The van der Waals surface area contributed by atoms with Crippen LogP contribution < -0.4 is 0 Å². The van der Waals surface area contributed by atoms with E-state index in [1.165, 1.54) is 0 Å². The largest absolute Gasteiger partial charge is 0.271 e. The van der Waals surface area contributed by atoms with Gasteiger partial charge in [0.25, 0.3) is 20.2 Å². The van der Waals surface area contributed by atoms with E-state index in [1.807, 2.05) is 6.92 Å². The predicted molar refractivity (Wildman–Crippen MR) is 111 cm³/mol. The van der Waals surface area contributed by atoms with Gasteiger partial charge in [0.05, 0.1) is 22.2 Å². The molecule has 13 unspecified atom stereocenters. The minimum Gasteiger partial charge on any atom is -0.266 e. The van der Waals surface area contributed by atoms with Crippen LogP contribution in [0.3, 0.4) is 0 Å². The Kier molecular flexibility index (Phi) is 3.51. The lowest BCUT2D eigenvalue weighted by Crippen LogP contribution is -2.49. The minimum atomic E-state index is -3.64. The Labute approximate surface area is 180 Å². The zero-order chi connectivity index (χ0) is 22.0. The van der Waals surface area contributed by atoms with Crippen molar-refractivity contribution in [3.05, 3.63) is 0 Å². The van der Waals surface area contributed by atoms with Crippen LogP contribution in [0.25, 0.3) is 0 Å². The van der Waals surface area contributed by atoms with Crippen molar-refractivity contribution in [3.8, 4) is 0 Å². The van der Waals surface area contributed by atoms with Gasteiger partial charge < -0.3 is 0 Å². The fraction of sp³-hybridized carbons (Fsp3) is 1.00. The van der Waals surface area contributed by atoms with Crippen molar-refractivity contribution in [3.63, 3.8) is 0 Å². The molecule has 6 rings (SSSR count). The molecule has 6 fully saturated rings. The van der Waals surface area contributed by atoms with Gasteiger partial charge >= 0.3 is 0 Å². The second-order valence-corrected chi connectivity index (χ2v) is 15.8. The lowest BCUT2D eigenvalue weighted by molar-refractivity contribution is -0.0275. The third-order valence-corrected chi connectivity index (χ3v) is 15.4. The molecule has 4 bridgehead atoms. The molecule has 8 heteroatoms. The van der Waals surface area contributed by atoms with Crippen LogP contribution in [-0.2, 0) is 28.6 Å². The van der Waals surface area contributed by atoms with E-state index >= 15 is 0 Å². The van der Waals surface area contributed by atoms with Gasteiger partial charge in [0.1, 0.15) is 0 Å². The topological polar surface area (TPSA) is 86.7 Å². The Hall–Kier alpha value is -0.180. The molecule has 13 atom stereocenters. The molecule has 0 aromatic heterocycles. The van der Waals surface area contributed by atoms with Gasteiger partial charge in [-0.05, 0) is 59.7 Å². The van der Waals surface area contributed by atoms with Gasteiger partial charge in [-0.3, -0.25) is 8.37 Å². The van der Waals surface area contributed by atoms with Crippen LogP contribution in [0, 0.1) is 58.2 Å². The maximum atomic E-state index is 13.2. The summed E-state index contributed by atoms with van der Waals surface area (Å²) < 4.78 is 63.5. The van der Waals surface area contributed by atoms with E-state index in [2.05, 4.69) is 41.5 Å². The SMILES string of the molecule is CC1C2C(CC3C4C5C(C)C3(C)C(C)C5(C)OS4(=O)=O)C3OS(=O)(=O)C1C3C2(C)C. The Bertz CT molecular complexity index is 1050. The van der Waals surface area contributed by atoms with Crippen molar-refractivity contribution in [1.29, 1.82) is 0 Å². The van der Waals surface area contributed by atoms with Gasteiger partial charge in [-0.1, -0.05) is 41.5 Å². The van der Waals surface area contributed by atoms with E-state index in [0.717, 1.165) is 0 Å². The number of rotatable bonds is 2. The van der Waals surface area contributed by atoms with Gasteiger partial charge in [0, 0.05) is 11.8 Å². The molecule has 6 aliphatic rings. The van der Waals surface area contributed by atoms with E-state index in [1.54, 1.807) is 0 Å². The monoisotopic (exact) mass is 458 g/mol. The molecule has 2 heterocycles. The Morgan fingerprint density at radius 3 is 2.10 bits per heavy atom. The summed E-state index contributed by atoms with van der Waals surface area (Å²) in [5, 5.41) is -0.890. The first-order chi connectivity index (χ1) is 13.6. The van der Waals surface area contributed by atoms with Crippen LogP contribution in [0.1, 0.15) is 54.9 Å². The molecule has 2 saturated heterocycles. The third kappa shape index (κ3) is 1.82. The summed E-state index contributed by atoms with van der Waals surface area (Å²) in [6.45, 7) is 15.0. The van der Waals surface area contributed by atoms with Crippen molar-refractivity contribution in [2.75, 3.05) is 0 Å². The fourth-order valence-corrected chi connectivity index (χ4v) is 15.3. The highest BCUT2D eigenvalue weighted by atomic mass is 32.2. The highest BCUT2D eigenvalue weighted by Gasteiger charge is 2.81. The zero-order valence-corrected chi connectivity index (χ0v) is 20.5. The fourth-order valence-electron chi connectivity index (χ4n) is 10.5. The first-order valence-electron chi connectivity index (χ1n) is 11.5. The summed E-state index contributed by atoms with van der Waals surface area (Å²) in [7, 11) is -7.19. The van der Waals surface area contributed by atoms with E-state index in [9.17, 15) is 16.8 Å². The van der Waals surface area contributed by atoms with Crippen molar-refractivity contribution >= 4 is 20.2 Å². The van der Waals surface area contributed by atoms with Gasteiger partial charge in [-0.2, -0.15) is 16.8 Å². The number of hydrogen-bond donors (Lipinski definition) is 0. The molecular weight excluding hydrogens is 424 g/mol. The average Bonchev–Trinajstić information content (AvgIpc) is 3.23. The average molecular weight is 459 g/mol. The smallest absolute Gasteiger partial charge is 0.266 e. The summed E-state index contributed by atoms with van der Waals surface area (Å²) >= 11 is 0. The van der Waals surface area contributed by atoms with E-state index in [-0.39, 0.29) is 64.3 Å². The zero-order valence-electron chi connectivity index (χ0n) is 18.8. The first kappa shape index (κ1) is 20.4. The molecule has 4 saturated carbocycles.